The van der Waals surface area contributed by atoms with Crippen molar-refractivity contribution in [2.75, 3.05) is 36.0 Å². The summed E-state index contributed by atoms with van der Waals surface area (Å²) in [6, 6.07) is 4.28. The van der Waals surface area contributed by atoms with Gasteiger partial charge in [0, 0.05) is 20.0 Å². The van der Waals surface area contributed by atoms with Crippen LogP contribution < -0.4 is 20.9 Å². The van der Waals surface area contributed by atoms with Crippen LogP contribution in [0.15, 0.2) is 18.2 Å². The van der Waals surface area contributed by atoms with Gasteiger partial charge >= 0.3 is 6.09 Å². The second kappa shape index (κ2) is 7.73. The van der Waals surface area contributed by atoms with Gasteiger partial charge in [-0.25, -0.2) is 9.18 Å². The fourth-order valence-corrected chi connectivity index (χ4v) is 2.39. The van der Waals surface area contributed by atoms with Crippen LogP contribution in [0.2, 0.25) is 0 Å². The van der Waals surface area contributed by atoms with E-state index in [9.17, 15) is 14.0 Å². The van der Waals surface area contributed by atoms with Crippen LogP contribution in [0.25, 0.3) is 0 Å². The van der Waals surface area contributed by atoms with Crippen LogP contribution in [0.5, 0.6) is 0 Å². The topological polar surface area (TPSA) is 112 Å². The summed E-state index contributed by atoms with van der Waals surface area (Å²) in [5.41, 5.74) is 6.00. The summed E-state index contributed by atoms with van der Waals surface area (Å²) >= 11 is 0. The largest absolute Gasteiger partial charge is 0.442 e. The third-order valence-electron chi connectivity index (χ3n) is 3.53. The van der Waals surface area contributed by atoms with Crippen LogP contribution in [0.1, 0.15) is 6.92 Å². The molecular weight excluding hydrogens is 317 g/mol. The van der Waals surface area contributed by atoms with Crippen molar-refractivity contribution < 1.29 is 18.7 Å². The Morgan fingerprint density at radius 3 is 2.96 bits per heavy atom. The molecule has 0 aromatic heterocycles. The maximum atomic E-state index is 14.3. The van der Waals surface area contributed by atoms with Crippen LogP contribution in [0.4, 0.5) is 20.6 Å². The zero-order valence-electron chi connectivity index (χ0n) is 13.3. The number of nitrogens with zero attached hydrogens (tertiary/aromatic N) is 2. The highest BCUT2D eigenvalue weighted by Crippen LogP contribution is 2.27. The first-order chi connectivity index (χ1) is 11.5. The lowest BCUT2D eigenvalue weighted by Gasteiger charge is -2.20. The lowest BCUT2D eigenvalue weighted by atomic mass is 10.2. The molecule has 0 saturated carbocycles. The molecule has 1 aliphatic rings. The van der Waals surface area contributed by atoms with Gasteiger partial charge in [-0.05, 0) is 18.2 Å². The van der Waals surface area contributed by atoms with Crippen molar-refractivity contribution >= 4 is 29.7 Å². The molecule has 1 heterocycles. The number of anilines is 2. The molecule has 4 N–H and O–H groups in total. The van der Waals surface area contributed by atoms with E-state index < -0.39 is 18.0 Å². The smallest absolute Gasteiger partial charge is 0.414 e. The number of ether oxygens (including phenoxy) is 1. The Bertz CT molecular complexity index is 640. The fraction of sp³-hybridized carbons (Fsp3) is 0.400. The summed E-state index contributed by atoms with van der Waals surface area (Å²) in [6.07, 6.45) is -0.0822. The van der Waals surface area contributed by atoms with Gasteiger partial charge in [0.1, 0.15) is 11.9 Å². The first-order valence-corrected chi connectivity index (χ1v) is 7.45. The van der Waals surface area contributed by atoms with E-state index >= 15 is 0 Å². The second-order valence-electron chi connectivity index (χ2n) is 5.30. The summed E-state index contributed by atoms with van der Waals surface area (Å²) in [4.78, 5) is 25.5. The molecular formula is C15H20FN5O3. The lowest BCUT2D eigenvalue weighted by Crippen LogP contribution is -2.33. The highest BCUT2D eigenvalue weighted by Gasteiger charge is 2.32. The summed E-state index contributed by atoms with van der Waals surface area (Å²) in [5.74, 6) is -0.783. The van der Waals surface area contributed by atoms with E-state index in [1.165, 1.54) is 28.9 Å². The minimum Gasteiger partial charge on any atom is -0.442 e. The molecule has 1 saturated heterocycles. The van der Waals surface area contributed by atoms with E-state index in [1.807, 2.05) is 0 Å². The Morgan fingerprint density at radius 1 is 1.62 bits per heavy atom. The number of hydrogen-bond acceptors (Lipinski definition) is 5. The fourth-order valence-electron chi connectivity index (χ4n) is 2.39. The summed E-state index contributed by atoms with van der Waals surface area (Å²) in [6.45, 7) is 2.38. The number of carbonyl (C=O) groups excluding carboxylic acids is 2. The molecule has 130 valence electrons. The van der Waals surface area contributed by atoms with Crippen LogP contribution in [0, 0.1) is 11.2 Å². The Hall–Kier alpha value is -2.68. The van der Waals surface area contributed by atoms with Gasteiger partial charge in [0.25, 0.3) is 0 Å². The number of nitrogens with two attached hydrogens (primary N) is 1. The number of cyclic esters (lactones) is 1. The maximum absolute atomic E-state index is 14.3. The van der Waals surface area contributed by atoms with Crippen molar-refractivity contribution in [1.29, 1.82) is 5.41 Å². The highest BCUT2D eigenvalue weighted by atomic mass is 19.1. The number of halogens is 1. The van der Waals surface area contributed by atoms with E-state index in [0.717, 1.165) is 6.34 Å². The van der Waals surface area contributed by atoms with E-state index in [-0.39, 0.29) is 31.2 Å². The number of hydrogen-bond donors (Lipinski definition) is 3. The van der Waals surface area contributed by atoms with Gasteiger partial charge in [-0.3, -0.25) is 15.1 Å². The molecule has 1 aliphatic heterocycles. The Morgan fingerprint density at radius 2 is 2.38 bits per heavy atom. The normalized spacial score (nSPS) is 16.7. The molecule has 1 unspecified atom stereocenters. The maximum Gasteiger partial charge on any atom is 0.414 e. The van der Waals surface area contributed by atoms with Crippen LogP contribution >= 0.6 is 0 Å². The van der Waals surface area contributed by atoms with E-state index in [4.69, 9.17) is 15.9 Å². The predicted molar refractivity (Wildman–Crippen MR) is 87.9 cm³/mol. The molecule has 9 heteroatoms. The minimum atomic E-state index is -0.594. The third-order valence-corrected chi connectivity index (χ3v) is 3.53. The van der Waals surface area contributed by atoms with Crippen molar-refractivity contribution in [3.8, 4) is 0 Å². The molecule has 1 aromatic rings. The van der Waals surface area contributed by atoms with Crippen molar-refractivity contribution in [3.63, 3.8) is 0 Å². The zero-order chi connectivity index (χ0) is 17.7. The number of rotatable bonds is 7. The highest BCUT2D eigenvalue weighted by molar-refractivity contribution is 5.90. The molecule has 24 heavy (non-hydrogen) atoms. The SMILES string of the molecule is CC(=O)NCC1CN(c2ccc(N(C=N)CCN)c(F)c2)C(=O)O1. The van der Waals surface area contributed by atoms with Crippen molar-refractivity contribution in [1.82, 2.24) is 5.32 Å². The Labute approximate surface area is 138 Å². The first kappa shape index (κ1) is 17.7. The van der Waals surface area contributed by atoms with Crippen LogP contribution in [-0.2, 0) is 9.53 Å². The molecule has 0 radical (unpaired) electrons. The van der Waals surface area contributed by atoms with Gasteiger partial charge in [0.15, 0.2) is 0 Å². The van der Waals surface area contributed by atoms with Crippen molar-refractivity contribution in [2.24, 2.45) is 5.73 Å². The van der Waals surface area contributed by atoms with Gasteiger partial charge in [0.2, 0.25) is 5.91 Å². The van der Waals surface area contributed by atoms with E-state index in [2.05, 4.69) is 5.32 Å². The molecule has 0 bridgehead atoms. The lowest BCUT2D eigenvalue weighted by molar-refractivity contribution is -0.119. The Balaban J connectivity index is 2.12. The summed E-state index contributed by atoms with van der Waals surface area (Å²) in [5, 5.41) is 9.89. The molecule has 1 aromatic carbocycles. The molecule has 2 amide bonds. The molecule has 8 nitrogen and oxygen atoms in total. The zero-order valence-corrected chi connectivity index (χ0v) is 13.3. The number of nitrogens with one attached hydrogen (secondary N) is 2. The average molecular weight is 337 g/mol. The molecule has 0 aliphatic carbocycles. The van der Waals surface area contributed by atoms with Gasteiger partial charge in [-0.2, -0.15) is 0 Å². The third kappa shape index (κ3) is 3.99. The first-order valence-electron chi connectivity index (χ1n) is 7.45. The van der Waals surface area contributed by atoms with E-state index in [0.29, 0.717) is 12.2 Å². The van der Waals surface area contributed by atoms with Gasteiger partial charge in [-0.15, -0.1) is 0 Å². The average Bonchev–Trinajstić information content (AvgIpc) is 2.92. The van der Waals surface area contributed by atoms with Crippen molar-refractivity contribution in [3.05, 3.63) is 24.0 Å². The van der Waals surface area contributed by atoms with Crippen LogP contribution in [0.3, 0.4) is 0 Å². The summed E-state index contributed by atoms with van der Waals surface area (Å²) in [7, 11) is 0. The molecule has 1 atom stereocenters. The predicted octanol–water partition coefficient (Wildman–Crippen LogP) is 0.659. The quantitative estimate of drug-likeness (QED) is 0.500. The molecule has 1 fully saturated rings. The number of amides is 2. The van der Waals surface area contributed by atoms with Crippen LogP contribution in [-0.4, -0.2) is 50.6 Å². The van der Waals surface area contributed by atoms with Gasteiger partial charge < -0.3 is 20.7 Å². The number of benzene rings is 1. The van der Waals surface area contributed by atoms with Gasteiger partial charge in [0.05, 0.1) is 30.8 Å². The second-order valence-corrected chi connectivity index (χ2v) is 5.30. The molecule has 2 rings (SSSR count). The minimum absolute atomic E-state index is 0.205. The summed E-state index contributed by atoms with van der Waals surface area (Å²) < 4.78 is 19.5. The Kier molecular flexibility index (Phi) is 5.69. The number of carbonyl (C=O) groups is 2. The van der Waals surface area contributed by atoms with E-state index in [1.54, 1.807) is 6.07 Å². The molecule has 0 spiro atoms. The van der Waals surface area contributed by atoms with Crippen molar-refractivity contribution in [2.45, 2.75) is 13.0 Å². The van der Waals surface area contributed by atoms with Gasteiger partial charge in [-0.1, -0.05) is 0 Å². The monoisotopic (exact) mass is 337 g/mol. The standard InChI is InChI=1S/C15H20FN5O3/c1-10(22)19-7-12-8-21(15(23)24-12)11-2-3-14(13(16)6-11)20(9-18)5-4-17/h2-3,6,9,12,18H,4-5,7-8,17H2,1H3,(H,19,22).